The van der Waals surface area contributed by atoms with Crippen LogP contribution in [0, 0.1) is 5.82 Å². The zero-order valence-corrected chi connectivity index (χ0v) is 16.9. The Bertz CT molecular complexity index is 1170. The first kappa shape index (κ1) is 20.9. The van der Waals surface area contributed by atoms with Crippen LogP contribution in [0.1, 0.15) is 12.6 Å². The van der Waals surface area contributed by atoms with Gasteiger partial charge in [0.25, 0.3) is 0 Å². The Labute approximate surface area is 174 Å². The van der Waals surface area contributed by atoms with Crippen molar-refractivity contribution in [1.29, 1.82) is 0 Å². The summed E-state index contributed by atoms with van der Waals surface area (Å²) in [6.07, 6.45) is -1.31. The van der Waals surface area contributed by atoms with Gasteiger partial charge >= 0.3 is 10.3 Å². The van der Waals surface area contributed by atoms with E-state index in [1.54, 1.807) is 12.1 Å². The topological polar surface area (TPSA) is 168 Å². The molecule has 0 radical (unpaired) electrons. The van der Waals surface area contributed by atoms with Crippen LogP contribution >= 0.6 is 11.8 Å². The van der Waals surface area contributed by atoms with Crippen molar-refractivity contribution in [1.82, 2.24) is 19.7 Å². The van der Waals surface area contributed by atoms with Crippen molar-refractivity contribution in [2.75, 3.05) is 12.3 Å². The van der Waals surface area contributed by atoms with Crippen LogP contribution in [-0.4, -0.2) is 52.1 Å². The second-order valence-corrected chi connectivity index (χ2v) is 8.76. The predicted octanol–water partition coefficient (Wildman–Crippen LogP) is 0.567. The molecule has 0 amide bonds. The number of aliphatic hydroxyl groups is 1. The summed E-state index contributed by atoms with van der Waals surface area (Å²) in [4.78, 5) is 8.95. The minimum absolute atomic E-state index is 0.111. The van der Waals surface area contributed by atoms with Crippen molar-refractivity contribution in [2.45, 2.75) is 34.8 Å². The van der Waals surface area contributed by atoms with Crippen molar-refractivity contribution >= 4 is 38.9 Å². The zero-order valence-electron chi connectivity index (χ0n) is 15.3. The number of ether oxygens (including phenoxy) is 1. The van der Waals surface area contributed by atoms with Crippen molar-refractivity contribution in [2.24, 2.45) is 5.14 Å². The van der Waals surface area contributed by atoms with Crippen molar-refractivity contribution < 1.29 is 26.8 Å². The number of nitrogen functional groups attached to an aromatic ring is 1. The maximum Gasteiger partial charge on any atom is 0.333 e. The standard InChI is InChI=1S/C16H17FN6O5S2/c17-8-1-3-9(4-2-8)29-16-13-14(18)20-7-21-15(13)23(22-16)12-5-10(24)11(28-12)6-27-30(19,25)26/h1-4,7,10-12,24H,5-6H2,(H2,18,20,21)(H2,19,25,26)/t10-,11-,12+/m0/s1. The van der Waals surface area contributed by atoms with E-state index in [-0.39, 0.29) is 18.1 Å². The van der Waals surface area contributed by atoms with Crippen LogP contribution in [0.2, 0.25) is 0 Å². The average molecular weight is 456 g/mol. The number of aliphatic hydroxyl groups excluding tert-OH is 1. The molecule has 0 spiro atoms. The first-order valence-electron chi connectivity index (χ1n) is 8.64. The minimum atomic E-state index is -4.17. The van der Waals surface area contributed by atoms with E-state index in [1.807, 2.05) is 0 Å². The van der Waals surface area contributed by atoms with Gasteiger partial charge in [-0.15, -0.1) is 0 Å². The number of nitrogens with two attached hydrogens (primary N) is 2. The quantitative estimate of drug-likeness (QED) is 0.476. The van der Waals surface area contributed by atoms with E-state index in [1.165, 1.54) is 34.9 Å². The van der Waals surface area contributed by atoms with Gasteiger partial charge in [0.2, 0.25) is 0 Å². The second kappa shape index (κ2) is 8.05. The van der Waals surface area contributed by atoms with Gasteiger partial charge in [-0.05, 0) is 24.3 Å². The lowest BCUT2D eigenvalue weighted by atomic mass is 10.2. The van der Waals surface area contributed by atoms with Gasteiger partial charge in [-0.25, -0.2) is 24.2 Å². The maximum absolute atomic E-state index is 13.2. The van der Waals surface area contributed by atoms with E-state index in [0.29, 0.717) is 16.1 Å². The molecule has 3 heterocycles. The molecule has 1 aromatic carbocycles. The van der Waals surface area contributed by atoms with E-state index in [2.05, 4.69) is 19.2 Å². The van der Waals surface area contributed by atoms with E-state index < -0.39 is 35.3 Å². The highest BCUT2D eigenvalue weighted by Crippen LogP contribution is 2.38. The van der Waals surface area contributed by atoms with Gasteiger partial charge in [0.1, 0.15) is 29.1 Å². The Hall–Kier alpha value is -2.36. The molecule has 0 aliphatic carbocycles. The summed E-state index contributed by atoms with van der Waals surface area (Å²) in [6, 6.07) is 5.85. The molecule has 4 rings (SSSR count). The first-order chi connectivity index (χ1) is 14.2. The number of benzene rings is 1. The number of halogens is 1. The molecule has 0 bridgehead atoms. The lowest BCUT2D eigenvalue weighted by Gasteiger charge is -2.14. The normalized spacial score (nSPS) is 22.0. The third kappa shape index (κ3) is 4.38. The summed E-state index contributed by atoms with van der Waals surface area (Å²) in [5.41, 5.74) is 6.40. The molecule has 14 heteroatoms. The summed E-state index contributed by atoms with van der Waals surface area (Å²) < 4.78 is 46.9. The van der Waals surface area contributed by atoms with Crippen molar-refractivity contribution in [3.05, 3.63) is 36.4 Å². The number of nitrogens with zero attached hydrogens (tertiary/aromatic N) is 4. The number of fused-ring (bicyclic) bond motifs is 1. The molecular weight excluding hydrogens is 439 g/mol. The molecule has 3 atom stereocenters. The van der Waals surface area contributed by atoms with Crippen molar-refractivity contribution in [3.8, 4) is 0 Å². The van der Waals surface area contributed by atoms with E-state index in [4.69, 9.17) is 15.6 Å². The van der Waals surface area contributed by atoms with Crippen LogP contribution in [-0.2, 0) is 19.2 Å². The smallest absolute Gasteiger partial charge is 0.333 e. The van der Waals surface area contributed by atoms with Crippen LogP contribution in [0.15, 0.2) is 40.5 Å². The molecule has 1 aliphatic rings. The van der Waals surface area contributed by atoms with E-state index >= 15 is 0 Å². The lowest BCUT2D eigenvalue weighted by Crippen LogP contribution is -2.30. The fourth-order valence-electron chi connectivity index (χ4n) is 3.03. The SMILES string of the molecule is Nc1ncnc2c1c(Sc1ccc(F)cc1)nn2[C@H]1C[C@H](O)[C@H](COS(N)(=O)=O)O1. The Morgan fingerprint density at radius 1 is 1.33 bits per heavy atom. The highest BCUT2D eigenvalue weighted by atomic mass is 32.2. The number of aromatic nitrogens is 4. The summed E-state index contributed by atoms with van der Waals surface area (Å²) in [6.45, 7) is -0.440. The Kier molecular flexibility index (Phi) is 5.61. The molecule has 160 valence electrons. The van der Waals surface area contributed by atoms with Crippen LogP contribution < -0.4 is 10.9 Å². The third-order valence-electron chi connectivity index (χ3n) is 4.39. The Balaban J connectivity index is 1.65. The van der Waals surface area contributed by atoms with E-state index in [9.17, 15) is 17.9 Å². The molecule has 1 saturated heterocycles. The molecule has 0 unspecified atom stereocenters. The second-order valence-electron chi connectivity index (χ2n) is 6.47. The minimum Gasteiger partial charge on any atom is -0.390 e. The van der Waals surface area contributed by atoms with Gasteiger partial charge in [-0.3, -0.25) is 4.18 Å². The van der Waals surface area contributed by atoms with Crippen LogP contribution in [0.5, 0.6) is 0 Å². The predicted molar refractivity (Wildman–Crippen MR) is 104 cm³/mol. The molecule has 30 heavy (non-hydrogen) atoms. The number of hydrogen-bond acceptors (Lipinski definition) is 10. The van der Waals surface area contributed by atoms with Gasteiger partial charge in [0.15, 0.2) is 11.9 Å². The number of anilines is 1. The fourth-order valence-corrected chi connectivity index (χ4v) is 4.27. The number of rotatable bonds is 6. The molecule has 1 aliphatic heterocycles. The summed E-state index contributed by atoms with van der Waals surface area (Å²) >= 11 is 1.24. The Morgan fingerprint density at radius 3 is 2.77 bits per heavy atom. The fraction of sp³-hybridized carbons (Fsp3) is 0.312. The zero-order chi connectivity index (χ0) is 21.5. The molecular formula is C16H17FN6O5S2. The van der Waals surface area contributed by atoms with Crippen LogP contribution in [0.4, 0.5) is 10.2 Å². The average Bonchev–Trinajstić information content (AvgIpc) is 3.23. The third-order valence-corrected chi connectivity index (χ3v) is 5.84. The largest absolute Gasteiger partial charge is 0.390 e. The summed E-state index contributed by atoms with van der Waals surface area (Å²) in [7, 11) is -4.17. The van der Waals surface area contributed by atoms with Crippen LogP contribution in [0.3, 0.4) is 0 Å². The van der Waals surface area contributed by atoms with Crippen molar-refractivity contribution in [3.63, 3.8) is 0 Å². The highest BCUT2D eigenvalue weighted by Gasteiger charge is 2.38. The molecule has 3 aromatic rings. The van der Waals surface area contributed by atoms with Gasteiger partial charge in [-0.1, -0.05) is 11.8 Å². The van der Waals surface area contributed by atoms with Crippen LogP contribution in [0.25, 0.3) is 11.0 Å². The summed E-state index contributed by atoms with van der Waals surface area (Å²) in [5.74, 6) is -0.165. The maximum atomic E-state index is 13.2. The Morgan fingerprint density at radius 2 is 2.07 bits per heavy atom. The molecule has 11 nitrogen and oxygen atoms in total. The van der Waals surface area contributed by atoms with Gasteiger partial charge in [0.05, 0.1) is 18.1 Å². The molecule has 2 aromatic heterocycles. The van der Waals surface area contributed by atoms with Gasteiger partial charge < -0.3 is 15.6 Å². The lowest BCUT2D eigenvalue weighted by molar-refractivity contribution is -0.0415. The van der Waals surface area contributed by atoms with Gasteiger partial charge in [-0.2, -0.15) is 13.5 Å². The highest BCUT2D eigenvalue weighted by molar-refractivity contribution is 7.99. The first-order valence-corrected chi connectivity index (χ1v) is 10.9. The monoisotopic (exact) mass is 456 g/mol. The molecule has 0 saturated carbocycles. The summed E-state index contributed by atoms with van der Waals surface area (Å²) in [5, 5.41) is 20.5. The molecule has 5 N–H and O–H groups in total. The number of hydrogen-bond donors (Lipinski definition) is 3. The van der Waals surface area contributed by atoms with E-state index in [0.717, 1.165) is 4.90 Å². The van der Waals surface area contributed by atoms with Gasteiger partial charge in [0, 0.05) is 11.3 Å². The molecule has 1 fully saturated rings.